The van der Waals surface area contributed by atoms with Gasteiger partial charge in [0.2, 0.25) is 0 Å². The number of aldehydes is 1. The summed E-state index contributed by atoms with van der Waals surface area (Å²) in [5.41, 5.74) is 4.10. The summed E-state index contributed by atoms with van der Waals surface area (Å²) in [7, 11) is 0. The Labute approximate surface area is 371 Å². The molecule has 0 spiro atoms. The van der Waals surface area contributed by atoms with Crippen molar-refractivity contribution < 1.29 is 36.9 Å². The number of alkyl halides is 1. The zero-order valence-corrected chi connectivity index (χ0v) is 35.8. The molecule has 8 rings (SSSR count). The maximum absolute atomic E-state index is 15.2. The van der Waals surface area contributed by atoms with E-state index in [0.717, 1.165) is 42.4 Å². The lowest BCUT2D eigenvalue weighted by Crippen LogP contribution is -2.14. The van der Waals surface area contributed by atoms with Crippen molar-refractivity contribution >= 4 is 56.6 Å². The minimum atomic E-state index is -1.33. The standard InChI is InChI=1S/C25H21ClF2O2.C13H10BrFO.C12H10ClFO/c26-19-11-9-18(10-12-19)24(17-7-8-17)25(28)22(29)14-16-6-13-21(27)23(15-16)30-20-4-2-1-3-5-20;14-9-10-6-7-12(15)13(8-10)16-11-4-2-1-3-5-11;13-10-5-3-9(4-6-10)12(8-1-2-8)11(14)7-15/h1-6,9-13,15,17,22,29H,7-8,14H2;1-8H,9H2;3-8H,1-2H2. The zero-order chi connectivity index (χ0) is 43.3. The van der Waals surface area contributed by atoms with E-state index in [-0.39, 0.29) is 41.9 Å². The molecule has 2 aliphatic carbocycles. The molecule has 2 saturated carbocycles. The molecule has 6 aromatic carbocycles. The summed E-state index contributed by atoms with van der Waals surface area (Å²) < 4.78 is 67.3. The van der Waals surface area contributed by atoms with Crippen molar-refractivity contribution in [3.63, 3.8) is 0 Å². The number of hydrogen-bond acceptors (Lipinski definition) is 4. The lowest BCUT2D eigenvalue weighted by molar-refractivity contribution is -0.106. The molecule has 11 heteroatoms. The van der Waals surface area contributed by atoms with Crippen LogP contribution in [0.4, 0.5) is 17.6 Å². The lowest BCUT2D eigenvalue weighted by Gasteiger charge is -2.15. The third-order valence-electron chi connectivity index (χ3n) is 9.71. The SMILES string of the molecule is Fc1ccc(CBr)cc1Oc1ccccc1.O=CC(F)=C(c1ccc(Cl)cc1)C1CC1.OC(Cc1ccc(F)c(Oc2ccccc2)c1)C(F)=C(c1ccc(Cl)cc1)C1CC1. The summed E-state index contributed by atoms with van der Waals surface area (Å²) in [4.78, 5) is 10.5. The fraction of sp³-hybridized carbons (Fsp3) is 0.180. The van der Waals surface area contributed by atoms with E-state index in [1.807, 2.05) is 24.3 Å². The molecule has 0 saturated heterocycles. The Bertz CT molecular complexity index is 2440. The average molecular weight is 933 g/mol. The number of benzene rings is 6. The second-order valence-corrected chi connectivity index (χ2v) is 15.9. The van der Waals surface area contributed by atoms with Gasteiger partial charge in [0.15, 0.2) is 35.2 Å². The molecular weight excluding hydrogens is 891 g/mol. The predicted octanol–water partition coefficient (Wildman–Crippen LogP) is 15.1. The normalized spacial score (nSPS) is 14.5. The van der Waals surface area contributed by atoms with E-state index in [2.05, 4.69) is 15.9 Å². The Hall–Kier alpha value is -5.19. The molecule has 0 heterocycles. The molecule has 0 amide bonds. The predicted molar refractivity (Wildman–Crippen MR) is 239 cm³/mol. The van der Waals surface area contributed by atoms with Crippen LogP contribution in [0.1, 0.15) is 47.9 Å². The third-order valence-corrected chi connectivity index (χ3v) is 10.9. The molecule has 0 radical (unpaired) electrons. The highest BCUT2D eigenvalue weighted by molar-refractivity contribution is 9.08. The van der Waals surface area contributed by atoms with E-state index < -0.39 is 23.6 Å². The first-order chi connectivity index (χ1) is 29.5. The minimum Gasteiger partial charge on any atom is -0.454 e. The van der Waals surface area contributed by atoms with Gasteiger partial charge >= 0.3 is 0 Å². The van der Waals surface area contributed by atoms with Crippen LogP contribution in [0.5, 0.6) is 23.0 Å². The van der Waals surface area contributed by atoms with Gasteiger partial charge in [0.25, 0.3) is 0 Å². The molecule has 314 valence electrons. The van der Waals surface area contributed by atoms with Crippen LogP contribution < -0.4 is 9.47 Å². The first-order valence-electron chi connectivity index (χ1n) is 19.6. The van der Waals surface area contributed by atoms with Crippen LogP contribution in [0.15, 0.2) is 157 Å². The fourth-order valence-corrected chi connectivity index (χ4v) is 6.99. The second-order valence-electron chi connectivity index (χ2n) is 14.4. The summed E-state index contributed by atoms with van der Waals surface area (Å²) >= 11 is 15.0. The number of carbonyl (C=O) groups is 1. The van der Waals surface area contributed by atoms with E-state index >= 15 is 4.39 Å². The Morgan fingerprint density at radius 3 is 1.51 bits per heavy atom. The van der Waals surface area contributed by atoms with Gasteiger partial charge in [-0.25, -0.2) is 17.6 Å². The topological polar surface area (TPSA) is 55.8 Å². The molecule has 1 atom stereocenters. The fourth-order valence-electron chi connectivity index (χ4n) is 6.39. The van der Waals surface area contributed by atoms with Crippen LogP contribution in [0, 0.1) is 23.5 Å². The van der Waals surface area contributed by atoms with Gasteiger partial charge in [0.1, 0.15) is 23.4 Å². The molecule has 2 fully saturated rings. The number of halogens is 7. The van der Waals surface area contributed by atoms with Crippen molar-refractivity contribution in [3.8, 4) is 23.0 Å². The van der Waals surface area contributed by atoms with Crippen LogP contribution in [0.25, 0.3) is 11.1 Å². The summed E-state index contributed by atoms with van der Waals surface area (Å²) in [6, 6.07) is 41.0. The Kier molecular flexibility index (Phi) is 16.4. The van der Waals surface area contributed by atoms with Crippen LogP contribution in [0.3, 0.4) is 0 Å². The van der Waals surface area contributed by atoms with Gasteiger partial charge in [0, 0.05) is 27.4 Å². The molecular formula is C50H41BrCl2F4O4. The number of aliphatic hydroxyl groups is 1. The quantitative estimate of drug-likeness (QED) is 0.0543. The Morgan fingerprint density at radius 2 is 1.07 bits per heavy atom. The van der Waals surface area contributed by atoms with Crippen LogP contribution >= 0.6 is 39.1 Å². The molecule has 1 N–H and O–H groups in total. The van der Waals surface area contributed by atoms with Gasteiger partial charge in [0.05, 0.1) is 0 Å². The van der Waals surface area contributed by atoms with E-state index in [1.54, 1.807) is 97.1 Å². The van der Waals surface area contributed by atoms with Crippen molar-refractivity contribution in [2.45, 2.75) is 43.5 Å². The third kappa shape index (κ3) is 13.4. The largest absolute Gasteiger partial charge is 0.454 e. The smallest absolute Gasteiger partial charge is 0.178 e. The molecule has 61 heavy (non-hydrogen) atoms. The highest BCUT2D eigenvalue weighted by atomic mass is 79.9. The molecule has 4 nitrogen and oxygen atoms in total. The molecule has 6 aromatic rings. The highest BCUT2D eigenvalue weighted by Gasteiger charge is 2.32. The number of rotatable bonds is 13. The number of allylic oxidation sites excluding steroid dienone is 3. The van der Waals surface area contributed by atoms with Gasteiger partial charge in [-0.1, -0.05) is 112 Å². The number of aliphatic hydroxyl groups excluding tert-OH is 1. The van der Waals surface area contributed by atoms with Gasteiger partial charge in [-0.2, -0.15) is 0 Å². The van der Waals surface area contributed by atoms with Crippen molar-refractivity contribution in [1.82, 2.24) is 0 Å². The van der Waals surface area contributed by atoms with Crippen molar-refractivity contribution in [2.75, 3.05) is 0 Å². The van der Waals surface area contributed by atoms with Crippen LogP contribution in [-0.4, -0.2) is 17.5 Å². The summed E-state index contributed by atoms with van der Waals surface area (Å²) in [6.07, 6.45) is 2.67. The van der Waals surface area contributed by atoms with Gasteiger partial charge in [-0.15, -0.1) is 0 Å². The van der Waals surface area contributed by atoms with Crippen molar-refractivity contribution in [3.05, 3.63) is 201 Å². The monoisotopic (exact) mass is 930 g/mol. The number of hydrogen-bond donors (Lipinski definition) is 1. The summed E-state index contributed by atoms with van der Waals surface area (Å²) in [6.45, 7) is 0. The number of carbonyl (C=O) groups excluding carboxylic acids is 1. The lowest BCUT2D eigenvalue weighted by atomic mass is 9.96. The van der Waals surface area contributed by atoms with Crippen LogP contribution in [-0.2, 0) is 16.5 Å². The van der Waals surface area contributed by atoms with Crippen molar-refractivity contribution in [1.29, 1.82) is 0 Å². The summed E-state index contributed by atoms with van der Waals surface area (Å²) in [5.74, 6) is -0.344. The van der Waals surface area contributed by atoms with E-state index in [9.17, 15) is 23.1 Å². The van der Waals surface area contributed by atoms with Gasteiger partial charge < -0.3 is 14.6 Å². The molecule has 0 aromatic heterocycles. The second kappa shape index (κ2) is 22.1. The molecule has 0 aliphatic heterocycles. The molecule has 0 bridgehead atoms. The maximum Gasteiger partial charge on any atom is 0.178 e. The Morgan fingerprint density at radius 1 is 0.639 bits per heavy atom. The van der Waals surface area contributed by atoms with Crippen molar-refractivity contribution in [2.24, 2.45) is 11.8 Å². The van der Waals surface area contributed by atoms with E-state index in [0.29, 0.717) is 43.6 Å². The number of ether oxygens (including phenoxy) is 2. The first-order valence-corrected chi connectivity index (χ1v) is 21.4. The summed E-state index contributed by atoms with van der Waals surface area (Å²) in [5, 5.41) is 12.5. The zero-order valence-electron chi connectivity index (χ0n) is 32.7. The first kappa shape index (κ1) is 45.3. The van der Waals surface area contributed by atoms with Crippen LogP contribution in [0.2, 0.25) is 10.0 Å². The Balaban J connectivity index is 0.000000169. The maximum atomic E-state index is 15.2. The minimum absolute atomic E-state index is 0.0150. The molecule has 1 unspecified atom stereocenters. The van der Waals surface area contributed by atoms with Gasteiger partial charge in [-0.05, 0) is 138 Å². The van der Waals surface area contributed by atoms with E-state index in [1.165, 1.54) is 24.3 Å². The highest BCUT2D eigenvalue weighted by Crippen LogP contribution is 2.45. The van der Waals surface area contributed by atoms with Gasteiger partial charge in [-0.3, -0.25) is 4.79 Å². The van der Waals surface area contributed by atoms with E-state index in [4.69, 9.17) is 32.7 Å². The number of para-hydroxylation sites is 2. The molecule has 2 aliphatic rings. The average Bonchev–Trinajstić information content (AvgIpc) is 4.23.